The molecule has 1 aromatic heterocycles. The molecule has 6 heteroatoms. The van der Waals surface area contributed by atoms with Gasteiger partial charge in [0.15, 0.2) is 11.0 Å². The summed E-state index contributed by atoms with van der Waals surface area (Å²) in [7, 11) is 3.11. The predicted molar refractivity (Wildman–Crippen MR) is 41.3 cm³/mol. The largest absolute Gasteiger partial charge is 0.359 e. The number of aromatic nitrogens is 2. The van der Waals surface area contributed by atoms with Crippen LogP contribution in [0, 0.1) is 11.9 Å². The third-order valence-electron chi connectivity index (χ3n) is 1.18. The Kier molecular flexibility index (Phi) is 2.42. The molecule has 0 bridgehead atoms. The lowest BCUT2D eigenvalue weighted by atomic mass is 10.6. The van der Waals surface area contributed by atoms with E-state index in [0.717, 1.165) is 0 Å². The monoisotopic (exact) mass is 193 g/mol. The van der Waals surface area contributed by atoms with E-state index in [9.17, 15) is 8.78 Å². The Hall–Kier alpha value is -0.970. The molecule has 0 aliphatic heterocycles. The minimum absolute atomic E-state index is 0.0820. The van der Waals surface area contributed by atoms with Crippen LogP contribution < -0.4 is 4.90 Å². The Morgan fingerprint density at radius 1 is 1.17 bits per heavy atom. The van der Waals surface area contributed by atoms with Gasteiger partial charge in [-0.25, -0.2) is 4.98 Å². The van der Waals surface area contributed by atoms with Crippen LogP contribution in [0.25, 0.3) is 0 Å². The molecular formula is C6H6ClF2N3. The second kappa shape index (κ2) is 3.18. The molecule has 1 aromatic rings. The molecule has 0 saturated heterocycles. The summed E-state index contributed by atoms with van der Waals surface area (Å²) >= 11 is 5.29. The first kappa shape index (κ1) is 9.12. The van der Waals surface area contributed by atoms with Crippen molar-refractivity contribution in [2.75, 3.05) is 19.0 Å². The Morgan fingerprint density at radius 2 is 1.75 bits per heavy atom. The van der Waals surface area contributed by atoms with Gasteiger partial charge in [-0.15, -0.1) is 0 Å². The van der Waals surface area contributed by atoms with Gasteiger partial charge in [-0.1, -0.05) is 11.6 Å². The van der Waals surface area contributed by atoms with Crippen molar-refractivity contribution in [2.45, 2.75) is 0 Å². The molecule has 0 saturated carbocycles. The number of halogens is 3. The highest BCUT2D eigenvalue weighted by Gasteiger charge is 2.12. The van der Waals surface area contributed by atoms with Crippen molar-refractivity contribution in [1.29, 1.82) is 0 Å². The van der Waals surface area contributed by atoms with E-state index in [1.165, 1.54) is 4.90 Å². The molecule has 12 heavy (non-hydrogen) atoms. The maximum atomic E-state index is 12.8. The van der Waals surface area contributed by atoms with Crippen molar-refractivity contribution in [1.82, 2.24) is 9.97 Å². The lowest BCUT2D eigenvalue weighted by Gasteiger charge is -2.10. The molecule has 0 aromatic carbocycles. The van der Waals surface area contributed by atoms with Crippen LogP contribution in [-0.4, -0.2) is 24.1 Å². The van der Waals surface area contributed by atoms with Crippen LogP contribution in [0.3, 0.4) is 0 Å². The molecule has 1 heterocycles. The Bertz CT molecular complexity index is 303. The highest BCUT2D eigenvalue weighted by molar-refractivity contribution is 6.29. The Balaban J connectivity index is 3.23. The van der Waals surface area contributed by atoms with Crippen LogP contribution in [-0.2, 0) is 0 Å². The summed E-state index contributed by atoms with van der Waals surface area (Å²) in [5.74, 6) is -2.15. The molecule has 3 nitrogen and oxygen atoms in total. The maximum absolute atomic E-state index is 12.8. The third-order valence-corrected chi connectivity index (χ3v) is 1.42. The zero-order valence-electron chi connectivity index (χ0n) is 6.48. The van der Waals surface area contributed by atoms with Crippen LogP contribution in [0.2, 0.25) is 5.15 Å². The molecule has 66 valence electrons. The number of rotatable bonds is 1. The van der Waals surface area contributed by atoms with E-state index in [1.54, 1.807) is 14.1 Å². The summed E-state index contributed by atoms with van der Waals surface area (Å²) in [6, 6.07) is 0. The Morgan fingerprint density at radius 3 is 2.25 bits per heavy atom. The van der Waals surface area contributed by atoms with Crippen LogP contribution >= 0.6 is 11.6 Å². The van der Waals surface area contributed by atoms with Gasteiger partial charge in [0.05, 0.1) is 0 Å². The van der Waals surface area contributed by atoms with Gasteiger partial charge in [0.1, 0.15) is 0 Å². The van der Waals surface area contributed by atoms with Crippen LogP contribution in [0.5, 0.6) is 0 Å². The normalized spacial score (nSPS) is 10.1. The second-order valence-corrected chi connectivity index (χ2v) is 2.67. The molecule has 1 rings (SSSR count). The molecule has 0 fully saturated rings. The van der Waals surface area contributed by atoms with E-state index in [2.05, 4.69) is 9.97 Å². The van der Waals surface area contributed by atoms with E-state index in [1.807, 2.05) is 0 Å². The van der Waals surface area contributed by atoms with E-state index in [4.69, 9.17) is 11.6 Å². The van der Waals surface area contributed by atoms with Gasteiger partial charge < -0.3 is 4.90 Å². The fourth-order valence-electron chi connectivity index (χ4n) is 0.652. The van der Waals surface area contributed by atoms with E-state index < -0.39 is 17.0 Å². The highest BCUT2D eigenvalue weighted by atomic mass is 35.5. The zero-order valence-corrected chi connectivity index (χ0v) is 7.23. The van der Waals surface area contributed by atoms with Gasteiger partial charge >= 0.3 is 0 Å². The standard InChI is InChI=1S/C6H6ClF2N3/c1-12(2)6-5(9)11-4(8)3(7)10-6/h1-2H3. The van der Waals surface area contributed by atoms with Crippen molar-refractivity contribution >= 4 is 17.4 Å². The lowest BCUT2D eigenvalue weighted by molar-refractivity contribution is 0.503. The first-order valence-corrected chi connectivity index (χ1v) is 3.46. The quantitative estimate of drug-likeness (QED) is 0.677. The van der Waals surface area contributed by atoms with Crippen molar-refractivity contribution in [2.24, 2.45) is 0 Å². The number of anilines is 1. The number of hydrogen-bond acceptors (Lipinski definition) is 3. The van der Waals surface area contributed by atoms with Crippen LogP contribution in [0.15, 0.2) is 0 Å². The third kappa shape index (κ3) is 1.61. The van der Waals surface area contributed by atoms with Gasteiger partial charge in [0.25, 0.3) is 11.9 Å². The molecule has 0 aliphatic rings. The minimum atomic E-state index is -1.10. The average molecular weight is 194 g/mol. The summed E-state index contributed by atoms with van der Waals surface area (Å²) in [5, 5.41) is -0.430. The van der Waals surface area contributed by atoms with Crippen LogP contribution in [0.4, 0.5) is 14.6 Å². The summed E-state index contributed by atoms with van der Waals surface area (Å²) in [6.45, 7) is 0. The molecular weight excluding hydrogens is 188 g/mol. The number of nitrogens with zero attached hydrogens (tertiary/aromatic N) is 3. The van der Waals surface area contributed by atoms with Gasteiger partial charge in [-0.3, -0.25) is 0 Å². The maximum Gasteiger partial charge on any atom is 0.258 e. The van der Waals surface area contributed by atoms with Gasteiger partial charge in [0.2, 0.25) is 0 Å². The van der Waals surface area contributed by atoms with Crippen LogP contribution in [0.1, 0.15) is 0 Å². The molecule has 0 spiro atoms. The molecule has 0 unspecified atom stereocenters. The SMILES string of the molecule is CN(C)c1nc(Cl)c(F)nc1F. The average Bonchev–Trinajstić information content (AvgIpc) is 1.96. The van der Waals surface area contributed by atoms with Gasteiger partial charge in [-0.2, -0.15) is 13.8 Å². The fourth-order valence-corrected chi connectivity index (χ4v) is 0.774. The first-order valence-electron chi connectivity index (χ1n) is 3.08. The molecule has 0 N–H and O–H groups in total. The van der Waals surface area contributed by atoms with E-state index in [0.29, 0.717) is 0 Å². The fraction of sp³-hybridized carbons (Fsp3) is 0.333. The van der Waals surface area contributed by atoms with Crippen molar-refractivity contribution < 1.29 is 8.78 Å². The van der Waals surface area contributed by atoms with Crippen molar-refractivity contribution in [3.8, 4) is 0 Å². The second-order valence-electron chi connectivity index (χ2n) is 2.31. The molecule has 0 aliphatic carbocycles. The first-order chi connectivity index (χ1) is 5.52. The van der Waals surface area contributed by atoms with Gasteiger partial charge in [0, 0.05) is 14.1 Å². The molecule has 0 amide bonds. The predicted octanol–water partition coefficient (Wildman–Crippen LogP) is 1.47. The molecule has 0 radical (unpaired) electrons. The summed E-state index contributed by atoms with van der Waals surface area (Å²) in [4.78, 5) is 7.73. The summed E-state index contributed by atoms with van der Waals surface area (Å²) < 4.78 is 25.2. The number of hydrogen-bond donors (Lipinski definition) is 0. The highest BCUT2D eigenvalue weighted by Crippen LogP contribution is 2.16. The minimum Gasteiger partial charge on any atom is -0.359 e. The summed E-state index contributed by atoms with van der Waals surface area (Å²) in [5.41, 5.74) is 0. The Labute approximate surface area is 73.0 Å². The van der Waals surface area contributed by atoms with E-state index in [-0.39, 0.29) is 5.82 Å². The molecule has 0 atom stereocenters. The van der Waals surface area contributed by atoms with Gasteiger partial charge in [-0.05, 0) is 0 Å². The van der Waals surface area contributed by atoms with E-state index >= 15 is 0 Å². The lowest BCUT2D eigenvalue weighted by Crippen LogP contribution is -2.14. The zero-order chi connectivity index (χ0) is 9.30. The van der Waals surface area contributed by atoms with Crippen molar-refractivity contribution in [3.05, 3.63) is 17.0 Å². The topological polar surface area (TPSA) is 29.0 Å². The summed E-state index contributed by atoms with van der Waals surface area (Å²) in [6.07, 6.45) is 0. The smallest absolute Gasteiger partial charge is 0.258 e. The van der Waals surface area contributed by atoms with Crippen molar-refractivity contribution in [3.63, 3.8) is 0 Å².